The van der Waals surface area contributed by atoms with Gasteiger partial charge in [-0.3, -0.25) is 0 Å². The Morgan fingerprint density at radius 3 is 2.59 bits per heavy atom. The molecule has 0 aliphatic heterocycles. The standard InChI is InChI=1S/C15H25NO/c1-10-11-8-15(11)13(2,3)6-5-7-14(15,4)9-12(10)16-17/h10-11,17H,5-9H2,1-4H3/b16-12-/t10-,11+,14+,15+/m1/s1. The number of nitrogens with zero attached hydrogens (tertiary/aromatic N) is 1. The first-order valence-electron chi connectivity index (χ1n) is 7.09. The first kappa shape index (κ1) is 11.6. The molecule has 0 heterocycles. The molecule has 3 aliphatic carbocycles. The van der Waals surface area contributed by atoms with Gasteiger partial charge in [0.2, 0.25) is 0 Å². The van der Waals surface area contributed by atoms with E-state index in [9.17, 15) is 5.21 Å². The maximum absolute atomic E-state index is 9.22. The second kappa shape index (κ2) is 3.07. The highest BCUT2D eigenvalue weighted by atomic mass is 16.4. The van der Waals surface area contributed by atoms with Gasteiger partial charge in [0.05, 0.1) is 5.71 Å². The van der Waals surface area contributed by atoms with Gasteiger partial charge in [0.1, 0.15) is 0 Å². The highest BCUT2D eigenvalue weighted by Crippen LogP contribution is 2.80. The van der Waals surface area contributed by atoms with Gasteiger partial charge in [-0.2, -0.15) is 0 Å². The van der Waals surface area contributed by atoms with Gasteiger partial charge in [-0.25, -0.2) is 0 Å². The van der Waals surface area contributed by atoms with E-state index in [1.807, 2.05) is 0 Å². The first-order chi connectivity index (χ1) is 7.88. The van der Waals surface area contributed by atoms with E-state index in [2.05, 4.69) is 32.9 Å². The van der Waals surface area contributed by atoms with E-state index in [0.29, 0.717) is 22.2 Å². The lowest BCUT2D eigenvalue weighted by molar-refractivity contribution is -0.0434. The fourth-order valence-electron chi connectivity index (χ4n) is 5.71. The van der Waals surface area contributed by atoms with Gasteiger partial charge in [-0.1, -0.05) is 39.3 Å². The smallest absolute Gasteiger partial charge is 0.0607 e. The highest BCUT2D eigenvalue weighted by molar-refractivity contribution is 5.89. The minimum absolute atomic E-state index is 0.382. The van der Waals surface area contributed by atoms with Crippen molar-refractivity contribution in [1.29, 1.82) is 0 Å². The zero-order valence-corrected chi connectivity index (χ0v) is 11.6. The summed E-state index contributed by atoms with van der Waals surface area (Å²) in [6, 6.07) is 0. The lowest BCUT2D eigenvalue weighted by atomic mass is 9.48. The molecule has 0 aromatic heterocycles. The van der Waals surface area contributed by atoms with Gasteiger partial charge in [0.15, 0.2) is 0 Å². The predicted molar refractivity (Wildman–Crippen MR) is 69.3 cm³/mol. The van der Waals surface area contributed by atoms with E-state index in [1.54, 1.807) is 0 Å². The van der Waals surface area contributed by atoms with Crippen LogP contribution in [0.5, 0.6) is 0 Å². The molecule has 3 saturated carbocycles. The summed E-state index contributed by atoms with van der Waals surface area (Å²) in [6.07, 6.45) is 6.41. The molecule has 96 valence electrons. The zero-order valence-electron chi connectivity index (χ0n) is 11.6. The summed E-state index contributed by atoms with van der Waals surface area (Å²) in [5.74, 6) is 1.26. The van der Waals surface area contributed by atoms with Crippen molar-refractivity contribution in [2.75, 3.05) is 0 Å². The summed E-state index contributed by atoms with van der Waals surface area (Å²) < 4.78 is 0. The van der Waals surface area contributed by atoms with Crippen LogP contribution in [0.25, 0.3) is 0 Å². The molecule has 0 saturated heterocycles. The van der Waals surface area contributed by atoms with Crippen LogP contribution in [0.2, 0.25) is 0 Å². The number of oxime groups is 1. The van der Waals surface area contributed by atoms with Crippen LogP contribution in [-0.4, -0.2) is 10.9 Å². The van der Waals surface area contributed by atoms with Gasteiger partial charge in [0.25, 0.3) is 0 Å². The van der Waals surface area contributed by atoms with E-state index < -0.39 is 0 Å². The third-order valence-electron chi connectivity index (χ3n) is 6.66. The summed E-state index contributed by atoms with van der Waals surface area (Å²) >= 11 is 0. The summed E-state index contributed by atoms with van der Waals surface area (Å²) in [4.78, 5) is 0. The molecule has 3 rings (SSSR count). The van der Waals surface area contributed by atoms with E-state index in [0.717, 1.165) is 18.1 Å². The molecule has 0 radical (unpaired) electrons. The lowest BCUT2D eigenvalue weighted by Crippen LogP contribution is -2.50. The summed E-state index contributed by atoms with van der Waals surface area (Å²) in [5.41, 5.74) is 2.45. The Morgan fingerprint density at radius 2 is 1.94 bits per heavy atom. The minimum Gasteiger partial charge on any atom is -0.411 e. The van der Waals surface area contributed by atoms with Gasteiger partial charge < -0.3 is 5.21 Å². The normalized spacial score (nSPS) is 54.0. The van der Waals surface area contributed by atoms with Crippen molar-refractivity contribution < 1.29 is 5.21 Å². The van der Waals surface area contributed by atoms with Crippen LogP contribution in [-0.2, 0) is 0 Å². The van der Waals surface area contributed by atoms with Crippen molar-refractivity contribution in [3.8, 4) is 0 Å². The van der Waals surface area contributed by atoms with Crippen LogP contribution in [0.15, 0.2) is 5.16 Å². The Bertz CT molecular complexity index is 386. The Labute approximate surface area is 104 Å². The fourth-order valence-corrected chi connectivity index (χ4v) is 5.71. The van der Waals surface area contributed by atoms with Crippen LogP contribution < -0.4 is 0 Å². The van der Waals surface area contributed by atoms with Crippen molar-refractivity contribution in [2.45, 2.75) is 59.8 Å². The maximum atomic E-state index is 9.22. The van der Waals surface area contributed by atoms with E-state index in [4.69, 9.17) is 0 Å². The molecule has 2 heteroatoms. The maximum Gasteiger partial charge on any atom is 0.0607 e. The Balaban J connectivity index is 2.05. The van der Waals surface area contributed by atoms with Crippen molar-refractivity contribution >= 4 is 5.71 Å². The van der Waals surface area contributed by atoms with Crippen molar-refractivity contribution in [3.63, 3.8) is 0 Å². The average Bonchev–Trinajstić information content (AvgIpc) is 3.00. The van der Waals surface area contributed by atoms with Crippen LogP contribution in [0.1, 0.15) is 59.8 Å². The SMILES string of the molecule is C[C@H]1/C(=N\O)C[C@]2(C)CCCC(C)(C)[C@@]23C[C@@H]13. The molecule has 0 aromatic rings. The fraction of sp³-hybridized carbons (Fsp3) is 0.933. The predicted octanol–water partition coefficient (Wildman–Crippen LogP) is 4.08. The van der Waals surface area contributed by atoms with Crippen LogP contribution in [0.3, 0.4) is 0 Å². The van der Waals surface area contributed by atoms with Gasteiger partial charge in [0, 0.05) is 5.92 Å². The molecule has 1 spiro atoms. The molecule has 3 fully saturated rings. The minimum atomic E-state index is 0.382. The van der Waals surface area contributed by atoms with E-state index in [-0.39, 0.29) is 0 Å². The topological polar surface area (TPSA) is 32.6 Å². The van der Waals surface area contributed by atoms with E-state index in [1.165, 1.54) is 25.7 Å². The van der Waals surface area contributed by atoms with Crippen molar-refractivity contribution in [3.05, 3.63) is 0 Å². The van der Waals surface area contributed by atoms with Gasteiger partial charge >= 0.3 is 0 Å². The third-order valence-corrected chi connectivity index (χ3v) is 6.66. The molecule has 0 bridgehead atoms. The third kappa shape index (κ3) is 1.15. The summed E-state index contributed by atoms with van der Waals surface area (Å²) in [7, 11) is 0. The largest absolute Gasteiger partial charge is 0.411 e. The van der Waals surface area contributed by atoms with Gasteiger partial charge in [-0.15, -0.1) is 0 Å². The molecule has 0 aromatic carbocycles. The van der Waals surface area contributed by atoms with Crippen LogP contribution in [0.4, 0.5) is 0 Å². The first-order valence-corrected chi connectivity index (χ1v) is 7.09. The van der Waals surface area contributed by atoms with E-state index >= 15 is 0 Å². The number of rotatable bonds is 0. The quantitative estimate of drug-likeness (QED) is 0.498. The molecular formula is C15H25NO. The van der Waals surface area contributed by atoms with Crippen molar-refractivity contribution in [2.24, 2.45) is 33.2 Å². The molecule has 17 heavy (non-hydrogen) atoms. The molecule has 1 N–H and O–H groups in total. The van der Waals surface area contributed by atoms with Crippen LogP contribution >= 0.6 is 0 Å². The van der Waals surface area contributed by atoms with Crippen LogP contribution in [0, 0.1) is 28.1 Å². The Kier molecular flexibility index (Phi) is 2.09. The molecule has 0 unspecified atom stereocenters. The summed E-state index contributed by atoms with van der Waals surface area (Å²) in [5, 5.41) is 12.8. The van der Waals surface area contributed by atoms with Crippen molar-refractivity contribution in [1.82, 2.24) is 0 Å². The molecule has 0 amide bonds. The molecule has 4 atom stereocenters. The molecule has 2 nitrogen and oxygen atoms in total. The second-order valence-corrected chi connectivity index (χ2v) is 7.64. The molecule has 3 aliphatic rings. The number of hydrogen-bond donors (Lipinski definition) is 1. The number of hydrogen-bond acceptors (Lipinski definition) is 2. The Hall–Kier alpha value is -0.530. The molecular weight excluding hydrogens is 210 g/mol. The zero-order chi connectivity index (χ0) is 12.5. The summed E-state index contributed by atoms with van der Waals surface area (Å²) in [6.45, 7) is 9.65. The van der Waals surface area contributed by atoms with Gasteiger partial charge in [-0.05, 0) is 47.8 Å². The lowest BCUT2D eigenvalue weighted by Gasteiger charge is -2.56. The average molecular weight is 235 g/mol. The second-order valence-electron chi connectivity index (χ2n) is 7.64. The highest BCUT2D eigenvalue weighted by Gasteiger charge is 2.75. The Morgan fingerprint density at radius 1 is 1.24 bits per heavy atom. The monoisotopic (exact) mass is 235 g/mol.